The molecule has 1 atom stereocenters. The lowest BCUT2D eigenvalue weighted by molar-refractivity contribution is 0.174. The lowest BCUT2D eigenvalue weighted by atomic mass is 10.1. The molecule has 106 valence electrons. The first-order valence-corrected chi connectivity index (χ1v) is 6.80. The zero-order chi connectivity index (χ0) is 13.8. The Hall–Kier alpha value is -2.08. The number of nitrogens with one attached hydrogen (secondary N) is 1. The number of fused-ring (bicyclic) bond motifs is 1. The SMILES string of the molecule is CC(NCCCn1ccnn1)c1ccc2c(c1)OCO2. The quantitative estimate of drug-likeness (QED) is 0.813. The predicted molar refractivity (Wildman–Crippen MR) is 73.6 cm³/mol. The summed E-state index contributed by atoms with van der Waals surface area (Å²) in [6.07, 6.45) is 4.59. The summed E-state index contributed by atoms with van der Waals surface area (Å²) in [6, 6.07) is 6.35. The highest BCUT2D eigenvalue weighted by Gasteiger charge is 2.15. The van der Waals surface area contributed by atoms with E-state index in [-0.39, 0.29) is 6.04 Å². The van der Waals surface area contributed by atoms with Gasteiger partial charge in [-0.3, -0.25) is 4.68 Å². The van der Waals surface area contributed by atoms with Gasteiger partial charge in [0, 0.05) is 18.8 Å². The summed E-state index contributed by atoms with van der Waals surface area (Å²) < 4.78 is 12.6. The van der Waals surface area contributed by atoms with Crippen LogP contribution < -0.4 is 14.8 Å². The minimum Gasteiger partial charge on any atom is -0.454 e. The third-order valence-electron chi connectivity index (χ3n) is 3.38. The van der Waals surface area contributed by atoms with Crippen molar-refractivity contribution >= 4 is 0 Å². The molecule has 2 aromatic rings. The number of hydrogen-bond acceptors (Lipinski definition) is 5. The van der Waals surface area contributed by atoms with E-state index in [4.69, 9.17) is 9.47 Å². The number of aromatic nitrogens is 3. The van der Waals surface area contributed by atoms with Crippen LogP contribution >= 0.6 is 0 Å². The Labute approximate surface area is 117 Å². The van der Waals surface area contributed by atoms with Gasteiger partial charge in [-0.1, -0.05) is 11.3 Å². The molecule has 0 spiro atoms. The van der Waals surface area contributed by atoms with Crippen LogP contribution in [0.4, 0.5) is 0 Å². The molecule has 0 radical (unpaired) electrons. The Morgan fingerprint density at radius 1 is 1.35 bits per heavy atom. The minimum atomic E-state index is 0.278. The van der Waals surface area contributed by atoms with Crippen LogP contribution in [0.15, 0.2) is 30.6 Å². The van der Waals surface area contributed by atoms with Crippen LogP contribution in [0.1, 0.15) is 24.9 Å². The van der Waals surface area contributed by atoms with Crippen LogP contribution in [0.25, 0.3) is 0 Å². The molecule has 20 heavy (non-hydrogen) atoms. The fourth-order valence-electron chi connectivity index (χ4n) is 2.21. The first-order valence-electron chi connectivity index (χ1n) is 6.80. The highest BCUT2D eigenvalue weighted by Crippen LogP contribution is 2.34. The maximum Gasteiger partial charge on any atom is 0.231 e. The summed E-state index contributed by atoms with van der Waals surface area (Å²) in [5.74, 6) is 1.66. The number of rotatable bonds is 6. The van der Waals surface area contributed by atoms with Crippen LogP contribution in [-0.4, -0.2) is 28.3 Å². The van der Waals surface area contributed by atoms with E-state index in [9.17, 15) is 0 Å². The lowest BCUT2D eigenvalue weighted by Gasteiger charge is -2.14. The largest absolute Gasteiger partial charge is 0.454 e. The van der Waals surface area contributed by atoms with Crippen LogP contribution in [0.5, 0.6) is 11.5 Å². The van der Waals surface area contributed by atoms with Crippen LogP contribution in [0, 0.1) is 0 Å². The zero-order valence-electron chi connectivity index (χ0n) is 11.5. The van der Waals surface area contributed by atoms with Gasteiger partial charge in [0.25, 0.3) is 0 Å². The number of nitrogens with zero attached hydrogens (tertiary/aromatic N) is 3. The maximum atomic E-state index is 5.40. The van der Waals surface area contributed by atoms with Crippen molar-refractivity contribution in [3.8, 4) is 11.5 Å². The Bertz CT molecular complexity index is 556. The van der Waals surface area contributed by atoms with Crippen molar-refractivity contribution in [1.29, 1.82) is 0 Å². The Kier molecular flexibility index (Phi) is 3.83. The summed E-state index contributed by atoms with van der Waals surface area (Å²) >= 11 is 0. The second-order valence-corrected chi connectivity index (χ2v) is 4.81. The Balaban J connectivity index is 1.48. The van der Waals surface area contributed by atoms with E-state index in [0.29, 0.717) is 6.79 Å². The molecule has 0 saturated carbocycles. The predicted octanol–water partition coefficient (Wildman–Crippen LogP) is 1.75. The van der Waals surface area contributed by atoms with E-state index in [1.807, 2.05) is 23.0 Å². The number of ether oxygens (including phenoxy) is 2. The monoisotopic (exact) mass is 274 g/mol. The van der Waals surface area contributed by atoms with Crippen molar-refractivity contribution in [2.45, 2.75) is 25.9 Å². The third kappa shape index (κ3) is 2.91. The molecule has 3 rings (SSSR count). The summed E-state index contributed by atoms with van der Waals surface area (Å²) in [5.41, 5.74) is 1.20. The molecule has 6 nitrogen and oxygen atoms in total. The number of aryl methyl sites for hydroxylation is 1. The van der Waals surface area contributed by atoms with E-state index in [1.165, 1.54) is 5.56 Å². The molecule has 1 unspecified atom stereocenters. The number of benzene rings is 1. The Morgan fingerprint density at radius 2 is 2.25 bits per heavy atom. The number of hydrogen-bond donors (Lipinski definition) is 1. The van der Waals surface area contributed by atoms with Gasteiger partial charge < -0.3 is 14.8 Å². The van der Waals surface area contributed by atoms with Gasteiger partial charge in [0.05, 0.1) is 6.20 Å². The average Bonchev–Trinajstić information content (AvgIpc) is 3.13. The molecule has 1 N–H and O–H groups in total. The summed E-state index contributed by atoms with van der Waals surface area (Å²) in [7, 11) is 0. The van der Waals surface area contributed by atoms with Crippen molar-refractivity contribution in [3.63, 3.8) is 0 Å². The molecule has 1 aliphatic heterocycles. The highest BCUT2D eigenvalue weighted by molar-refractivity contribution is 5.45. The minimum absolute atomic E-state index is 0.278. The second-order valence-electron chi connectivity index (χ2n) is 4.81. The van der Waals surface area contributed by atoms with Gasteiger partial charge in [0.1, 0.15) is 0 Å². The van der Waals surface area contributed by atoms with Gasteiger partial charge >= 0.3 is 0 Å². The zero-order valence-corrected chi connectivity index (χ0v) is 11.5. The molecular weight excluding hydrogens is 256 g/mol. The molecule has 0 amide bonds. The van der Waals surface area contributed by atoms with Gasteiger partial charge in [-0.2, -0.15) is 0 Å². The fourth-order valence-corrected chi connectivity index (χ4v) is 2.21. The first kappa shape index (κ1) is 12.9. The molecule has 1 aromatic heterocycles. The molecule has 2 heterocycles. The molecule has 1 aliphatic rings. The normalized spacial score (nSPS) is 14.4. The van der Waals surface area contributed by atoms with Gasteiger partial charge in [-0.15, -0.1) is 5.10 Å². The molecule has 0 aliphatic carbocycles. The van der Waals surface area contributed by atoms with Crippen LogP contribution in [0.3, 0.4) is 0 Å². The van der Waals surface area contributed by atoms with Gasteiger partial charge in [0.15, 0.2) is 11.5 Å². The molecule has 0 bridgehead atoms. The molecule has 1 aromatic carbocycles. The van der Waals surface area contributed by atoms with E-state index >= 15 is 0 Å². The van der Waals surface area contributed by atoms with E-state index in [0.717, 1.165) is 31.0 Å². The topological polar surface area (TPSA) is 61.2 Å². The molecule has 0 saturated heterocycles. The van der Waals surface area contributed by atoms with Crippen LogP contribution in [0.2, 0.25) is 0 Å². The van der Waals surface area contributed by atoms with E-state index in [1.54, 1.807) is 6.20 Å². The van der Waals surface area contributed by atoms with Gasteiger partial charge in [0.2, 0.25) is 6.79 Å². The van der Waals surface area contributed by atoms with E-state index in [2.05, 4.69) is 28.6 Å². The van der Waals surface area contributed by atoms with Gasteiger partial charge in [-0.25, -0.2) is 0 Å². The fraction of sp³-hybridized carbons (Fsp3) is 0.429. The van der Waals surface area contributed by atoms with Crippen molar-refractivity contribution in [2.75, 3.05) is 13.3 Å². The average molecular weight is 274 g/mol. The molecular formula is C14H18N4O2. The first-order chi connectivity index (χ1) is 9.83. The van der Waals surface area contributed by atoms with Crippen molar-refractivity contribution in [3.05, 3.63) is 36.2 Å². The standard InChI is InChI=1S/C14H18N4O2/c1-11(15-5-2-7-18-8-6-16-17-18)12-3-4-13-14(9-12)20-10-19-13/h3-4,6,8-9,11,15H,2,5,7,10H2,1H3. The van der Waals surface area contributed by atoms with Crippen molar-refractivity contribution in [1.82, 2.24) is 20.3 Å². The van der Waals surface area contributed by atoms with Gasteiger partial charge in [-0.05, 0) is 37.6 Å². The second kappa shape index (κ2) is 5.92. The maximum absolute atomic E-state index is 5.40. The summed E-state index contributed by atoms with van der Waals surface area (Å²) in [5, 5.41) is 11.2. The van der Waals surface area contributed by atoms with Crippen LogP contribution in [-0.2, 0) is 6.54 Å². The van der Waals surface area contributed by atoms with Crippen molar-refractivity contribution in [2.24, 2.45) is 0 Å². The summed E-state index contributed by atoms with van der Waals surface area (Å²) in [4.78, 5) is 0. The Morgan fingerprint density at radius 3 is 3.10 bits per heavy atom. The van der Waals surface area contributed by atoms with Crippen molar-refractivity contribution < 1.29 is 9.47 Å². The summed E-state index contributed by atoms with van der Waals surface area (Å²) in [6.45, 7) is 4.27. The van der Waals surface area contributed by atoms with E-state index < -0.39 is 0 Å². The third-order valence-corrected chi connectivity index (χ3v) is 3.38. The lowest BCUT2D eigenvalue weighted by Crippen LogP contribution is -2.21. The molecule has 6 heteroatoms. The smallest absolute Gasteiger partial charge is 0.231 e. The highest BCUT2D eigenvalue weighted by atomic mass is 16.7. The molecule has 0 fully saturated rings.